The predicted molar refractivity (Wildman–Crippen MR) is 71.0 cm³/mol. The molecule has 1 aromatic heterocycles. The van der Waals surface area contributed by atoms with E-state index >= 15 is 0 Å². The van der Waals surface area contributed by atoms with Gasteiger partial charge in [-0.2, -0.15) is 0 Å². The van der Waals surface area contributed by atoms with Crippen LogP contribution in [0.4, 0.5) is 11.5 Å². The summed E-state index contributed by atoms with van der Waals surface area (Å²) in [6, 6.07) is 1.47. The van der Waals surface area contributed by atoms with Gasteiger partial charge in [0.25, 0.3) is 11.6 Å². The number of hydrogen-bond donors (Lipinski definition) is 3. The van der Waals surface area contributed by atoms with E-state index in [1.54, 1.807) is 0 Å². The molecule has 0 atom stereocenters. The van der Waals surface area contributed by atoms with Crippen molar-refractivity contribution in [2.75, 3.05) is 18.4 Å². The number of hydrogen-bond acceptors (Lipinski definition) is 6. The monoisotopic (exact) mass is 267 g/mol. The second-order valence-corrected chi connectivity index (χ2v) is 4.25. The number of carbonyl (C=O) groups excluding carboxylic acids is 1. The van der Waals surface area contributed by atoms with E-state index in [0.29, 0.717) is 19.1 Å². The van der Waals surface area contributed by atoms with Gasteiger partial charge in [-0.15, -0.1) is 0 Å². The first-order valence-electron chi connectivity index (χ1n) is 5.83. The van der Waals surface area contributed by atoms with Gasteiger partial charge in [0, 0.05) is 25.2 Å². The normalized spacial score (nSPS) is 10.5. The van der Waals surface area contributed by atoms with Crippen LogP contribution in [0.25, 0.3) is 0 Å². The first-order valence-corrected chi connectivity index (χ1v) is 5.83. The molecule has 0 aliphatic heterocycles. The SMILES string of the molecule is CC(C)NCCNc1ncc([N+](=O)[O-])cc1C(N)=O. The minimum atomic E-state index is -0.754. The van der Waals surface area contributed by atoms with Crippen molar-refractivity contribution in [1.29, 1.82) is 0 Å². The number of primary amides is 1. The van der Waals surface area contributed by atoms with Gasteiger partial charge in [-0.05, 0) is 0 Å². The molecule has 1 heterocycles. The Bertz CT molecular complexity index is 475. The number of nitro groups is 1. The van der Waals surface area contributed by atoms with Gasteiger partial charge in [0.1, 0.15) is 12.0 Å². The van der Waals surface area contributed by atoms with Crippen molar-refractivity contribution in [3.05, 3.63) is 27.9 Å². The third kappa shape index (κ3) is 4.51. The number of pyridine rings is 1. The number of nitrogens with one attached hydrogen (secondary N) is 2. The standard InChI is InChI=1S/C11H17N5O3/c1-7(2)13-3-4-14-11-9(10(12)17)5-8(6-15-11)16(18)19/h5-7,13H,3-4H2,1-2H3,(H2,12,17)(H,14,15). The van der Waals surface area contributed by atoms with E-state index in [2.05, 4.69) is 15.6 Å². The van der Waals surface area contributed by atoms with Gasteiger partial charge < -0.3 is 16.4 Å². The molecule has 0 radical (unpaired) electrons. The van der Waals surface area contributed by atoms with Crippen LogP contribution in [0.5, 0.6) is 0 Å². The maximum absolute atomic E-state index is 11.2. The zero-order valence-electron chi connectivity index (χ0n) is 10.8. The third-order valence-electron chi connectivity index (χ3n) is 2.32. The highest BCUT2D eigenvalue weighted by Crippen LogP contribution is 2.18. The summed E-state index contributed by atoms with van der Waals surface area (Å²) in [5, 5.41) is 16.7. The lowest BCUT2D eigenvalue weighted by atomic mass is 10.2. The number of anilines is 1. The number of nitrogens with two attached hydrogens (primary N) is 1. The van der Waals surface area contributed by atoms with Crippen molar-refractivity contribution in [2.45, 2.75) is 19.9 Å². The van der Waals surface area contributed by atoms with Crippen LogP contribution in [0.1, 0.15) is 24.2 Å². The van der Waals surface area contributed by atoms with E-state index in [-0.39, 0.29) is 17.1 Å². The van der Waals surface area contributed by atoms with Crippen molar-refractivity contribution in [2.24, 2.45) is 5.73 Å². The van der Waals surface area contributed by atoms with Crippen molar-refractivity contribution in [3.63, 3.8) is 0 Å². The van der Waals surface area contributed by atoms with Crippen molar-refractivity contribution < 1.29 is 9.72 Å². The smallest absolute Gasteiger partial charge is 0.288 e. The van der Waals surface area contributed by atoms with Gasteiger partial charge in [-0.3, -0.25) is 14.9 Å². The summed E-state index contributed by atoms with van der Waals surface area (Å²) < 4.78 is 0. The van der Waals surface area contributed by atoms with Crippen molar-refractivity contribution in [1.82, 2.24) is 10.3 Å². The summed E-state index contributed by atoms with van der Waals surface area (Å²) in [5.74, 6) is -0.501. The molecule has 19 heavy (non-hydrogen) atoms. The summed E-state index contributed by atoms with van der Waals surface area (Å²) in [5.41, 5.74) is 4.93. The summed E-state index contributed by atoms with van der Waals surface area (Å²) in [7, 11) is 0. The maximum Gasteiger partial charge on any atom is 0.288 e. The van der Waals surface area contributed by atoms with E-state index < -0.39 is 10.8 Å². The highest BCUT2D eigenvalue weighted by Gasteiger charge is 2.15. The molecular weight excluding hydrogens is 250 g/mol. The van der Waals surface area contributed by atoms with E-state index in [9.17, 15) is 14.9 Å². The lowest BCUT2D eigenvalue weighted by molar-refractivity contribution is -0.385. The topological polar surface area (TPSA) is 123 Å². The number of nitrogens with zero attached hydrogens (tertiary/aromatic N) is 2. The second kappa shape index (κ2) is 6.64. The Morgan fingerprint density at radius 1 is 1.53 bits per heavy atom. The Morgan fingerprint density at radius 2 is 2.21 bits per heavy atom. The first-order chi connectivity index (χ1) is 8.91. The molecule has 0 saturated heterocycles. The lowest BCUT2D eigenvalue weighted by Gasteiger charge is -2.11. The van der Waals surface area contributed by atoms with Crippen LogP contribution in [-0.4, -0.2) is 34.9 Å². The molecule has 1 amide bonds. The van der Waals surface area contributed by atoms with E-state index in [0.717, 1.165) is 12.3 Å². The highest BCUT2D eigenvalue weighted by atomic mass is 16.6. The summed E-state index contributed by atoms with van der Waals surface area (Å²) in [4.78, 5) is 25.1. The molecule has 0 aliphatic carbocycles. The van der Waals surface area contributed by atoms with Crippen LogP contribution in [0.15, 0.2) is 12.3 Å². The molecule has 104 valence electrons. The molecule has 0 saturated carbocycles. The number of carbonyl (C=O) groups is 1. The molecule has 0 aromatic carbocycles. The quantitative estimate of drug-likeness (QED) is 0.375. The minimum Gasteiger partial charge on any atom is -0.368 e. The van der Waals surface area contributed by atoms with Crippen molar-refractivity contribution >= 4 is 17.4 Å². The third-order valence-corrected chi connectivity index (χ3v) is 2.32. The molecule has 0 fully saturated rings. The zero-order valence-corrected chi connectivity index (χ0v) is 10.8. The average molecular weight is 267 g/mol. The van der Waals surface area contributed by atoms with Crippen LogP contribution in [0.3, 0.4) is 0 Å². The van der Waals surface area contributed by atoms with Crippen molar-refractivity contribution in [3.8, 4) is 0 Å². The van der Waals surface area contributed by atoms with Gasteiger partial charge in [0.05, 0.1) is 10.5 Å². The molecule has 8 nitrogen and oxygen atoms in total. The van der Waals surface area contributed by atoms with E-state index in [4.69, 9.17) is 5.73 Å². The Hall–Kier alpha value is -2.22. The Balaban J connectivity index is 2.77. The molecule has 8 heteroatoms. The van der Waals surface area contributed by atoms with Gasteiger partial charge >= 0.3 is 0 Å². The van der Waals surface area contributed by atoms with Crippen LogP contribution < -0.4 is 16.4 Å². The Morgan fingerprint density at radius 3 is 2.74 bits per heavy atom. The maximum atomic E-state index is 11.2. The van der Waals surface area contributed by atoms with Crippen LogP contribution in [-0.2, 0) is 0 Å². The highest BCUT2D eigenvalue weighted by molar-refractivity contribution is 5.98. The Kier molecular flexibility index (Phi) is 5.19. The fourth-order valence-corrected chi connectivity index (χ4v) is 1.42. The lowest BCUT2D eigenvalue weighted by Crippen LogP contribution is -2.29. The van der Waals surface area contributed by atoms with Gasteiger partial charge in [0.2, 0.25) is 0 Å². The number of aromatic nitrogens is 1. The minimum absolute atomic E-state index is 0.0127. The molecule has 1 rings (SSSR count). The molecule has 0 unspecified atom stereocenters. The molecular formula is C11H17N5O3. The molecule has 0 aliphatic rings. The fourth-order valence-electron chi connectivity index (χ4n) is 1.42. The summed E-state index contributed by atoms with van der Waals surface area (Å²) in [6.07, 6.45) is 1.09. The largest absolute Gasteiger partial charge is 0.368 e. The fraction of sp³-hybridized carbons (Fsp3) is 0.455. The van der Waals surface area contributed by atoms with Crippen LogP contribution in [0, 0.1) is 10.1 Å². The second-order valence-electron chi connectivity index (χ2n) is 4.25. The molecule has 0 bridgehead atoms. The summed E-state index contributed by atoms with van der Waals surface area (Å²) in [6.45, 7) is 5.23. The Labute approximate surface area is 110 Å². The van der Waals surface area contributed by atoms with E-state index in [1.807, 2.05) is 13.8 Å². The molecule has 4 N–H and O–H groups in total. The molecule has 1 aromatic rings. The first kappa shape index (κ1) is 14.8. The van der Waals surface area contributed by atoms with E-state index in [1.165, 1.54) is 0 Å². The number of amides is 1. The zero-order chi connectivity index (χ0) is 14.4. The van der Waals surface area contributed by atoms with Crippen LogP contribution >= 0.6 is 0 Å². The number of rotatable bonds is 7. The van der Waals surface area contributed by atoms with Crippen LogP contribution in [0.2, 0.25) is 0 Å². The summed E-state index contributed by atoms with van der Waals surface area (Å²) >= 11 is 0. The van der Waals surface area contributed by atoms with Gasteiger partial charge in [0.15, 0.2) is 0 Å². The molecule has 0 spiro atoms. The van der Waals surface area contributed by atoms with Gasteiger partial charge in [-0.25, -0.2) is 4.98 Å². The average Bonchev–Trinajstić information content (AvgIpc) is 2.34. The van der Waals surface area contributed by atoms with Gasteiger partial charge in [-0.1, -0.05) is 13.8 Å². The predicted octanol–water partition coefficient (Wildman–Crippen LogP) is 0.499.